The molecule has 6 nitrogen and oxygen atoms in total. The van der Waals surface area contributed by atoms with Crippen molar-refractivity contribution in [2.45, 2.75) is 32.7 Å². The lowest BCUT2D eigenvalue weighted by Gasteiger charge is -2.28. The summed E-state index contributed by atoms with van der Waals surface area (Å²) in [5.41, 5.74) is 2.06. The Bertz CT molecular complexity index is 811. The van der Waals surface area contributed by atoms with Gasteiger partial charge in [0.05, 0.1) is 18.2 Å². The zero-order chi connectivity index (χ0) is 20.6. The number of anilines is 1. The van der Waals surface area contributed by atoms with Crippen LogP contribution in [-0.2, 0) is 14.3 Å². The van der Waals surface area contributed by atoms with E-state index in [1.165, 1.54) is 11.3 Å². The Kier molecular flexibility index (Phi) is 7.66. The van der Waals surface area contributed by atoms with E-state index in [9.17, 15) is 9.59 Å². The predicted octanol–water partition coefficient (Wildman–Crippen LogP) is 3.71. The van der Waals surface area contributed by atoms with Gasteiger partial charge < -0.3 is 19.7 Å². The first-order valence-corrected chi connectivity index (χ1v) is 10.9. The van der Waals surface area contributed by atoms with Crippen LogP contribution in [0.5, 0.6) is 0 Å². The van der Waals surface area contributed by atoms with Crippen LogP contribution in [0.4, 0.5) is 5.00 Å². The molecular weight excluding hydrogens is 388 g/mol. The van der Waals surface area contributed by atoms with Crippen LogP contribution in [0.2, 0.25) is 0 Å². The summed E-state index contributed by atoms with van der Waals surface area (Å²) in [4.78, 5) is 27.4. The molecule has 1 N–H and O–H groups in total. The number of amides is 1. The lowest BCUT2D eigenvalue weighted by Crippen LogP contribution is -2.36. The largest absolute Gasteiger partial charge is 0.451 e. The van der Waals surface area contributed by atoms with Crippen molar-refractivity contribution in [2.75, 3.05) is 37.8 Å². The molecule has 2 aromatic rings. The maximum Gasteiger partial charge on any atom is 0.348 e. The molecule has 29 heavy (non-hydrogen) atoms. The number of carbonyl (C=O) groups excluding carboxylic acids is 2. The van der Waals surface area contributed by atoms with E-state index in [1.807, 2.05) is 50.2 Å². The van der Waals surface area contributed by atoms with Crippen LogP contribution in [0.25, 0.3) is 11.1 Å². The van der Waals surface area contributed by atoms with Gasteiger partial charge in [0, 0.05) is 24.7 Å². The van der Waals surface area contributed by atoms with Crippen LogP contribution in [-0.4, -0.2) is 50.8 Å². The van der Waals surface area contributed by atoms with Crippen molar-refractivity contribution in [3.63, 3.8) is 0 Å². The first kappa shape index (κ1) is 21.3. The minimum Gasteiger partial charge on any atom is -0.451 e. The number of morpholine rings is 1. The number of hydrogen-bond donors (Lipinski definition) is 1. The Labute approximate surface area is 175 Å². The molecule has 0 unspecified atom stereocenters. The van der Waals surface area contributed by atoms with Gasteiger partial charge in [0.2, 0.25) is 0 Å². The molecule has 1 aromatic heterocycles. The number of carbonyl (C=O) groups is 2. The van der Waals surface area contributed by atoms with Gasteiger partial charge in [-0.2, -0.15) is 0 Å². The van der Waals surface area contributed by atoms with Crippen LogP contribution in [0.15, 0.2) is 36.4 Å². The number of thiophene rings is 1. The van der Waals surface area contributed by atoms with Crippen molar-refractivity contribution in [2.24, 2.45) is 0 Å². The van der Waals surface area contributed by atoms with Crippen molar-refractivity contribution >= 4 is 28.2 Å². The smallest absolute Gasteiger partial charge is 0.348 e. The number of esters is 1. The second kappa shape index (κ2) is 10.4. The number of nitrogens with one attached hydrogen (secondary N) is 1. The second-order valence-corrected chi connectivity index (χ2v) is 7.98. The van der Waals surface area contributed by atoms with Gasteiger partial charge >= 0.3 is 5.97 Å². The van der Waals surface area contributed by atoms with Crippen LogP contribution in [0.1, 0.15) is 36.4 Å². The molecule has 1 saturated heterocycles. The molecule has 0 saturated carbocycles. The summed E-state index contributed by atoms with van der Waals surface area (Å²) in [5.74, 6) is -0.730. The zero-order valence-electron chi connectivity index (χ0n) is 17.0. The molecule has 0 radical (unpaired) electrons. The molecule has 1 aromatic carbocycles. The van der Waals surface area contributed by atoms with E-state index in [2.05, 4.69) is 10.2 Å². The van der Waals surface area contributed by atoms with E-state index >= 15 is 0 Å². The van der Waals surface area contributed by atoms with Gasteiger partial charge in [-0.3, -0.25) is 4.79 Å². The highest BCUT2D eigenvalue weighted by atomic mass is 32.1. The number of nitrogens with zero attached hydrogens (tertiary/aromatic N) is 1. The third-order valence-corrected chi connectivity index (χ3v) is 6.16. The molecule has 0 bridgehead atoms. The van der Waals surface area contributed by atoms with Gasteiger partial charge in [-0.1, -0.05) is 44.2 Å². The molecule has 7 heteroatoms. The summed E-state index contributed by atoms with van der Waals surface area (Å²) in [6.45, 7) is 6.68. The van der Waals surface area contributed by atoms with Crippen LogP contribution < -0.4 is 10.2 Å². The van der Waals surface area contributed by atoms with E-state index in [0.29, 0.717) is 18.1 Å². The molecule has 1 aliphatic heterocycles. The average Bonchev–Trinajstić information content (AvgIpc) is 3.22. The molecule has 0 atom stereocenters. The number of rotatable bonds is 8. The topological polar surface area (TPSA) is 67.9 Å². The second-order valence-electron chi connectivity index (χ2n) is 6.95. The fourth-order valence-electron chi connectivity index (χ4n) is 3.27. The summed E-state index contributed by atoms with van der Waals surface area (Å²) in [6.07, 6.45) is 1.70. The molecule has 0 aliphatic carbocycles. The molecule has 1 fully saturated rings. The van der Waals surface area contributed by atoms with Crippen LogP contribution in [0, 0.1) is 0 Å². The quantitative estimate of drug-likeness (QED) is 0.665. The van der Waals surface area contributed by atoms with Gasteiger partial charge in [-0.25, -0.2) is 4.79 Å². The van der Waals surface area contributed by atoms with E-state index in [4.69, 9.17) is 9.47 Å². The van der Waals surface area contributed by atoms with Crippen molar-refractivity contribution < 1.29 is 19.1 Å². The highest BCUT2D eigenvalue weighted by Gasteiger charge is 2.23. The minimum absolute atomic E-state index is 0.112. The maximum atomic E-state index is 12.6. The summed E-state index contributed by atoms with van der Waals surface area (Å²) in [7, 11) is 0. The highest BCUT2D eigenvalue weighted by molar-refractivity contribution is 7.18. The van der Waals surface area contributed by atoms with Crippen molar-refractivity contribution in [3.8, 4) is 11.1 Å². The summed E-state index contributed by atoms with van der Waals surface area (Å²) < 4.78 is 10.8. The predicted molar refractivity (Wildman–Crippen MR) is 116 cm³/mol. The molecule has 3 rings (SSSR count). The summed E-state index contributed by atoms with van der Waals surface area (Å²) >= 11 is 1.41. The Morgan fingerprint density at radius 3 is 2.52 bits per heavy atom. The van der Waals surface area contributed by atoms with Crippen molar-refractivity contribution in [1.82, 2.24) is 5.32 Å². The Hall–Kier alpha value is -2.38. The monoisotopic (exact) mass is 416 g/mol. The Morgan fingerprint density at radius 1 is 1.17 bits per heavy atom. The minimum atomic E-state index is -0.466. The molecule has 1 aliphatic rings. The molecule has 1 amide bonds. The molecule has 2 heterocycles. The van der Waals surface area contributed by atoms with Gasteiger partial charge in [0.15, 0.2) is 6.61 Å². The van der Waals surface area contributed by atoms with Gasteiger partial charge in [0.1, 0.15) is 4.88 Å². The van der Waals surface area contributed by atoms with E-state index in [0.717, 1.165) is 42.1 Å². The van der Waals surface area contributed by atoms with Crippen LogP contribution in [0.3, 0.4) is 0 Å². The van der Waals surface area contributed by atoms with Gasteiger partial charge in [0.25, 0.3) is 5.91 Å². The number of benzene rings is 1. The maximum absolute atomic E-state index is 12.6. The third-order valence-electron chi connectivity index (χ3n) is 4.98. The Morgan fingerprint density at radius 2 is 1.86 bits per heavy atom. The first-order chi connectivity index (χ1) is 14.1. The Balaban J connectivity index is 1.74. The normalized spacial score (nSPS) is 14.1. The van der Waals surface area contributed by atoms with Crippen LogP contribution >= 0.6 is 11.3 Å². The first-order valence-electron chi connectivity index (χ1n) is 10.1. The van der Waals surface area contributed by atoms with E-state index < -0.39 is 5.97 Å². The van der Waals surface area contributed by atoms with Crippen molar-refractivity contribution in [3.05, 3.63) is 41.3 Å². The fraction of sp³-hybridized carbons (Fsp3) is 0.455. The van der Waals surface area contributed by atoms with Crippen molar-refractivity contribution in [1.29, 1.82) is 0 Å². The lowest BCUT2D eigenvalue weighted by atomic mass is 10.1. The van der Waals surface area contributed by atoms with Gasteiger partial charge in [-0.05, 0) is 24.5 Å². The number of hydrogen-bond acceptors (Lipinski definition) is 6. The summed E-state index contributed by atoms with van der Waals surface area (Å²) in [6, 6.07) is 12.0. The van der Waals surface area contributed by atoms with E-state index in [-0.39, 0.29) is 18.6 Å². The molecular formula is C22H28N2O4S. The summed E-state index contributed by atoms with van der Waals surface area (Å²) in [5, 5.41) is 3.92. The third kappa shape index (κ3) is 5.58. The highest BCUT2D eigenvalue weighted by Crippen LogP contribution is 2.39. The SMILES string of the molecule is CCC(CC)NC(=O)COC(=O)c1cc(-c2ccccc2)c(N2CCOCC2)s1. The fourth-order valence-corrected chi connectivity index (χ4v) is 4.40. The lowest BCUT2D eigenvalue weighted by molar-refractivity contribution is -0.125. The average molecular weight is 417 g/mol. The standard InChI is InChI=1S/C22H28N2O4S/c1-3-17(4-2)23-20(25)15-28-22(26)19-14-18(16-8-6-5-7-9-16)21(29-19)24-10-12-27-13-11-24/h5-9,14,17H,3-4,10-13,15H2,1-2H3,(H,23,25). The van der Waals surface area contributed by atoms with Gasteiger partial charge in [-0.15, -0.1) is 11.3 Å². The molecule has 0 spiro atoms. The van der Waals surface area contributed by atoms with E-state index in [1.54, 1.807) is 0 Å². The zero-order valence-corrected chi connectivity index (χ0v) is 17.8. The molecule has 156 valence electrons. The number of ether oxygens (including phenoxy) is 2.